The molecule has 0 radical (unpaired) electrons. The van der Waals surface area contributed by atoms with Gasteiger partial charge < -0.3 is 0 Å². The van der Waals surface area contributed by atoms with Crippen LogP contribution < -0.4 is 9.47 Å². The number of hydrogen-bond acceptors (Lipinski definition) is 4. The van der Waals surface area contributed by atoms with Crippen LogP contribution in [0.3, 0.4) is 0 Å². The number of nitrogens with zero attached hydrogens (tertiary/aromatic N) is 4. The van der Waals surface area contributed by atoms with E-state index in [1.807, 2.05) is 98.8 Å². The first kappa shape index (κ1) is 31.1. The first-order chi connectivity index (χ1) is 21.4. The van der Waals surface area contributed by atoms with Gasteiger partial charge in [-0.3, -0.25) is 0 Å². The van der Waals surface area contributed by atoms with Gasteiger partial charge in [-0.2, -0.15) is 0 Å². The van der Waals surface area contributed by atoms with E-state index in [-0.39, 0.29) is 0 Å². The third-order valence-corrected chi connectivity index (χ3v) is 8.04. The molecule has 0 aliphatic carbocycles. The molecule has 0 saturated heterocycles. The second-order valence-corrected chi connectivity index (χ2v) is 11.4. The molecule has 8 heteroatoms. The Hall–Kier alpha value is -4.32. The molecule has 4 aromatic carbocycles. The fourth-order valence-electron chi connectivity index (χ4n) is 4.93. The summed E-state index contributed by atoms with van der Waals surface area (Å²) in [6.45, 7) is 4.00. The molecule has 6 aromatic rings. The summed E-state index contributed by atoms with van der Waals surface area (Å²) < 4.78 is 16.8. The van der Waals surface area contributed by atoms with Gasteiger partial charge >= 0.3 is 275 Å². The summed E-state index contributed by atoms with van der Waals surface area (Å²) >= 11 is 6.14. The van der Waals surface area contributed by atoms with Crippen molar-refractivity contribution in [2.24, 2.45) is 0 Å². The zero-order valence-electron chi connectivity index (χ0n) is 25.0. The van der Waals surface area contributed by atoms with Crippen molar-refractivity contribution in [2.75, 3.05) is 14.2 Å². The number of para-hydroxylation sites is 4. The molecule has 0 atom stereocenters. The molecule has 2 aromatic heterocycles. The topological polar surface area (TPSA) is 54.1 Å². The van der Waals surface area contributed by atoms with E-state index in [2.05, 4.69) is 86.7 Å². The van der Waals surface area contributed by atoms with E-state index >= 15 is 0 Å². The molecule has 0 aliphatic heterocycles. The average Bonchev–Trinajstić information content (AvgIpc) is 3.05. The van der Waals surface area contributed by atoms with Crippen LogP contribution in [-0.4, -0.2) is 64.5 Å². The summed E-state index contributed by atoms with van der Waals surface area (Å²) in [5, 5.41) is 0. The molecular formula is C36H32N4O2Se2. The zero-order chi connectivity index (χ0) is 31.1. The molecule has 0 amide bonds. The summed E-state index contributed by atoms with van der Waals surface area (Å²) in [5.41, 5.74) is 8.29. The minimum absolute atomic E-state index is 0.809. The van der Waals surface area contributed by atoms with E-state index in [1.165, 1.54) is 0 Å². The van der Waals surface area contributed by atoms with E-state index in [4.69, 9.17) is 9.47 Å². The van der Waals surface area contributed by atoms with Crippen molar-refractivity contribution in [3.63, 3.8) is 0 Å². The van der Waals surface area contributed by atoms with Gasteiger partial charge in [0.25, 0.3) is 0 Å². The Morgan fingerprint density at radius 1 is 0.500 bits per heavy atom. The van der Waals surface area contributed by atoms with Gasteiger partial charge in [0.05, 0.1) is 0 Å². The number of benzene rings is 4. The van der Waals surface area contributed by atoms with Crippen LogP contribution >= 0.6 is 0 Å². The van der Waals surface area contributed by atoms with Gasteiger partial charge in [0.2, 0.25) is 0 Å². The van der Waals surface area contributed by atoms with Crippen molar-refractivity contribution < 1.29 is 9.47 Å². The maximum absolute atomic E-state index is 5.51. The average molecular weight is 711 g/mol. The fourth-order valence-corrected chi connectivity index (χ4v) is 6.36. The molecule has 0 saturated carbocycles. The molecule has 0 fully saturated rings. The van der Waals surface area contributed by atoms with Crippen LogP contribution in [-0.2, 0) is 0 Å². The van der Waals surface area contributed by atoms with E-state index in [9.17, 15) is 0 Å². The van der Waals surface area contributed by atoms with Crippen LogP contribution in [0.5, 0.6) is 11.5 Å². The monoisotopic (exact) mass is 712 g/mol. The van der Waals surface area contributed by atoms with Gasteiger partial charge in [0.1, 0.15) is 0 Å². The van der Waals surface area contributed by atoms with E-state index in [0.29, 0.717) is 0 Å². The number of rotatable bonds is 6. The van der Waals surface area contributed by atoms with Crippen LogP contribution in [0.2, 0.25) is 0 Å². The second-order valence-electron chi connectivity index (χ2n) is 9.88. The molecular weight excluding hydrogens is 678 g/mol. The van der Waals surface area contributed by atoms with Crippen LogP contribution in [0.25, 0.3) is 33.9 Å². The van der Waals surface area contributed by atoms with Crippen molar-refractivity contribution >= 4 is 31.2 Å². The Morgan fingerprint density at radius 3 is 1.20 bits per heavy atom. The van der Waals surface area contributed by atoms with Gasteiger partial charge in [-0.05, 0) is 0 Å². The molecule has 0 spiro atoms. The van der Waals surface area contributed by atoms with Crippen molar-refractivity contribution in [1.29, 1.82) is 0 Å². The predicted octanol–water partition coefficient (Wildman–Crippen LogP) is 7.11. The van der Waals surface area contributed by atoms with Gasteiger partial charge in [0, 0.05) is 0 Å². The molecule has 6 rings (SSSR count). The predicted molar refractivity (Wildman–Crippen MR) is 179 cm³/mol. The molecule has 0 bridgehead atoms. The first-order valence-electron chi connectivity index (χ1n) is 14.0. The zero-order valence-corrected chi connectivity index (χ0v) is 28.4. The molecule has 220 valence electrons. The third-order valence-electron chi connectivity index (χ3n) is 6.89. The number of hydrogen-bond donors (Lipinski definition) is 0. The molecule has 0 aliphatic rings. The standard InChI is InChI=1S/2C18H16N2OSe/c2*1-13-12-16(14-8-4-3-5-9-14)20(18(22)19-13)15-10-6-7-11-17(15)21-2/h2*3-12H,1-2H3. The van der Waals surface area contributed by atoms with Gasteiger partial charge in [0.15, 0.2) is 0 Å². The van der Waals surface area contributed by atoms with E-state index in [1.54, 1.807) is 14.2 Å². The Kier molecular flexibility index (Phi) is 10.2. The maximum atomic E-state index is 5.51. The Morgan fingerprint density at radius 2 is 0.841 bits per heavy atom. The van der Waals surface area contributed by atoms with Crippen LogP contribution in [0.15, 0.2) is 121 Å². The molecule has 44 heavy (non-hydrogen) atoms. The Labute approximate surface area is 273 Å². The number of ether oxygens (including phenoxy) is 2. The quantitative estimate of drug-likeness (QED) is 0.173. The number of aromatic nitrogens is 4. The first-order valence-corrected chi connectivity index (χ1v) is 15.7. The van der Waals surface area contributed by atoms with Crippen LogP contribution in [0, 0.1) is 22.5 Å². The summed E-state index contributed by atoms with van der Waals surface area (Å²) in [7, 11) is 3.37. The molecule has 0 N–H and O–H groups in total. The van der Waals surface area contributed by atoms with Gasteiger partial charge in [-0.25, -0.2) is 0 Å². The van der Waals surface area contributed by atoms with Crippen molar-refractivity contribution in [3.05, 3.63) is 141 Å². The van der Waals surface area contributed by atoms with E-state index < -0.39 is 0 Å². The summed E-state index contributed by atoms with van der Waals surface area (Å²) in [5.74, 6) is 1.62. The van der Waals surface area contributed by atoms with Crippen molar-refractivity contribution in [3.8, 4) is 45.4 Å². The third kappa shape index (κ3) is 6.91. The van der Waals surface area contributed by atoms with Crippen molar-refractivity contribution in [1.82, 2.24) is 19.1 Å². The van der Waals surface area contributed by atoms with E-state index in [0.717, 1.165) is 65.4 Å². The summed E-state index contributed by atoms with van der Waals surface area (Å²) in [4.78, 5) is 9.13. The summed E-state index contributed by atoms with van der Waals surface area (Å²) in [6, 6.07) is 40.6. The van der Waals surface area contributed by atoms with Crippen LogP contribution in [0.1, 0.15) is 11.4 Å². The molecule has 6 nitrogen and oxygen atoms in total. The van der Waals surface area contributed by atoms with Crippen LogP contribution in [0.4, 0.5) is 0 Å². The Bertz CT molecular complexity index is 1860. The molecule has 2 heterocycles. The van der Waals surface area contributed by atoms with Gasteiger partial charge in [-0.15, -0.1) is 0 Å². The SMILES string of the molecule is COc1ccccc1-n1c(-c2ccccc2)cc(C)nc1=[Se].COc1ccccc1-n1c(-c2ccccc2)cc(C)nc1=[Se]. The number of methoxy groups -OCH3 is 2. The number of aryl methyl sites for hydroxylation is 2. The fraction of sp³-hybridized carbons (Fsp3) is 0.111. The van der Waals surface area contributed by atoms with Gasteiger partial charge in [-0.1, -0.05) is 0 Å². The second kappa shape index (κ2) is 14.4. The van der Waals surface area contributed by atoms with Crippen molar-refractivity contribution in [2.45, 2.75) is 13.8 Å². The summed E-state index contributed by atoms with van der Waals surface area (Å²) in [6.07, 6.45) is 0. The molecule has 0 unspecified atom stereocenters. The normalized spacial score (nSPS) is 10.5. The Balaban J connectivity index is 0.000000175. The minimum atomic E-state index is 0.809.